The van der Waals surface area contributed by atoms with Crippen LogP contribution in [-0.2, 0) is 14.3 Å². The molecule has 0 saturated carbocycles. The van der Waals surface area contributed by atoms with Crippen molar-refractivity contribution in [2.75, 3.05) is 45.1 Å². The van der Waals surface area contributed by atoms with Crippen molar-refractivity contribution < 1.29 is 39.2 Å². The molecule has 38 heavy (non-hydrogen) atoms. The Morgan fingerprint density at radius 1 is 1.18 bits per heavy atom. The summed E-state index contributed by atoms with van der Waals surface area (Å²) in [4.78, 5) is 42.7. The second-order valence-corrected chi connectivity index (χ2v) is 10.1. The lowest BCUT2D eigenvalue weighted by Crippen LogP contribution is -2.41. The van der Waals surface area contributed by atoms with E-state index in [1.807, 2.05) is 0 Å². The number of aliphatic hydroxyl groups excluding tert-OH is 2. The van der Waals surface area contributed by atoms with Gasteiger partial charge in [0.25, 0.3) is 5.91 Å². The van der Waals surface area contributed by atoms with Crippen molar-refractivity contribution in [3.05, 3.63) is 28.8 Å². The maximum atomic E-state index is 13.2. The van der Waals surface area contributed by atoms with Crippen molar-refractivity contribution in [1.29, 1.82) is 0 Å². The van der Waals surface area contributed by atoms with Crippen LogP contribution in [0.2, 0.25) is 5.02 Å². The maximum absolute atomic E-state index is 13.2. The van der Waals surface area contributed by atoms with Gasteiger partial charge in [-0.05, 0) is 49.8 Å². The van der Waals surface area contributed by atoms with Gasteiger partial charge in [0.1, 0.15) is 0 Å². The third-order valence-corrected chi connectivity index (χ3v) is 7.28. The number of halogens is 1. The number of pyridine rings is 1. The molecule has 4 rings (SSSR count). The fourth-order valence-corrected chi connectivity index (χ4v) is 5.01. The molecular weight excluding hydrogens is 520 g/mol. The highest BCUT2D eigenvalue weighted by Gasteiger charge is 2.32. The van der Waals surface area contributed by atoms with Gasteiger partial charge in [-0.15, -0.1) is 0 Å². The summed E-state index contributed by atoms with van der Waals surface area (Å²) in [5, 5.41) is 31.3. The average molecular weight is 551 g/mol. The topological polar surface area (TPSA) is 185 Å². The zero-order valence-electron chi connectivity index (χ0n) is 20.6. The number of carbonyl (C=O) groups excluding carboxylic acids is 2. The number of hydrogen-bond acceptors (Lipinski definition) is 10. The SMILES string of the molecule is Nc1c(Cl)cc(C(=O)NCC2CCN(CC3CCOCC3)C2)c2nc(OC(=O)C(O)C(O)C(=O)O)ccc12. The molecule has 0 bridgehead atoms. The van der Waals surface area contributed by atoms with Crippen LogP contribution in [0.5, 0.6) is 5.88 Å². The second-order valence-electron chi connectivity index (χ2n) is 9.69. The fraction of sp³-hybridized carbons (Fsp3) is 0.520. The molecule has 0 spiro atoms. The van der Waals surface area contributed by atoms with E-state index in [9.17, 15) is 24.6 Å². The number of ether oxygens (including phenoxy) is 2. The number of nitrogens with zero attached hydrogens (tertiary/aromatic N) is 2. The standard InChI is InChI=1S/C25H31ClN4O8/c26-17-9-16(23(33)28-10-14-3-6-30(12-14)11-13-4-7-37-8-5-13)20-15(19(17)27)1-2-18(29-20)38-25(36)22(32)21(31)24(34)35/h1-2,9,13-14,21-22,31-32H,3-8,10-12,27H2,(H,28,33)(H,34,35). The highest BCUT2D eigenvalue weighted by Crippen LogP contribution is 2.32. The number of amides is 1. The predicted octanol–water partition coefficient (Wildman–Crippen LogP) is 0.661. The molecule has 1 aromatic carbocycles. The van der Waals surface area contributed by atoms with Crippen LogP contribution in [0.25, 0.3) is 10.9 Å². The quantitative estimate of drug-likeness (QED) is 0.218. The molecule has 1 amide bonds. The number of nitrogen functional groups attached to an aromatic ring is 1. The van der Waals surface area contributed by atoms with E-state index in [4.69, 9.17) is 31.9 Å². The summed E-state index contributed by atoms with van der Waals surface area (Å²) in [6.45, 7) is 5.00. The minimum Gasteiger partial charge on any atom is -0.479 e. The summed E-state index contributed by atoms with van der Waals surface area (Å²) in [7, 11) is 0. The number of benzene rings is 1. The van der Waals surface area contributed by atoms with Crippen molar-refractivity contribution in [2.24, 2.45) is 11.8 Å². The number of hydrogen-bond donors (Lipinski definition) is 5. The predicted molar refractivity (Wildman–Crippen MR) is 137 cm³/mol. The molecule has 2 aliphatic heterocycles. The van der Waals surface area contributed by atoms with Crippen LogP contribution in [-0.4, -0.2) is 94.6 Å². The average Bonchev–Trinajstić information content (AvgIpc) is 3.36. The van der Waals surface area contributed by atoms with Crippen molar-refractivity contribution in [3.8, 4) is 5.88 Å². The Morgan fingerprint density at radius 2 is 1.92 bits per heavy atom. The molecule has 3 unspecified atom stereocenters. The van der Waals surface area contributed by atoms with Gasteiger partial charge in [0.15, 0.2) is 12.2 Å². The van der Waals surface area contributed by atoms with E-state index >= 15 is 0 Å². The van der Waals surface area contributed by atoms with Gasteiger partial charge in [-0.2, -0.15) is 0 Å². The summed E-state index contributed by atoms with van der Waals surface area (Å²) >= 11 is 6.26. The van der Waals surface area contributed by atoms with Crippen molar-refractivity contribution in [2.45, 2.75) is 31.5 Å². The Bertz CT molecular complexity index is 1210. The molecule has 13 heteroatoms. The number of nitrogens with one attached hydrogen (secondary N) is 1. The molecule has 2 aliphatic rings. The van der Waals surface area contributed by atoms with E-state index in [0.29, 0.717) is 23.8 Å². The third-order valence-electron chi connectivity index (χ3n) is 6.97. The van der Waals surface area contributed by atoms with Crippen molar-refractivity contribution in [1.82, 2.24) is 15.2 Å². The molecule has 12 nitrogen and oxygen atoms in total. The number of anilines is 1. The number of carboxylic acids is 1. The number of aromatic nitrogens is 1. The Hall–Kier alpha value is -3.03. The van der Waals surface area contributed by atoms with Gasteiger partial charge in [0.2, 0.25) is 5.88 Å². The molecule has 2 aromatic rings. The summed E-state index contributed by atoms with van der Waals surface area (Å²) in [5.41, 5.74) is 6.45. The zero-order chi connectivity index (χ0) is 27.4. The summed E-state index contributed by atoms with van der Waals surface area (Å²) in [6.07, 6.45) is -1.59. The van der Waals surface area contributed by atoms with Crippen molar-refractivity contribution in [3.63, 3.8) is 0 Å². The van der Waals surface area contributed by atoms with Gasteiger partial charge < -0.3 is 40.7 Å². The molecule has 206 valence electrons. The largest absolute Gasteiger partial charge is 0.479 e. The Balaban J connectivity index is 1.44. The van der Waals surface area contributed by atoms with Crippen LogP contribution in [0.3, 0.4) is 0 Å². The summed E-state index contributed by atoms with van der Waals surface area (Å²) in [5.74, 6) is -3.04. The van der Waals surface area contributed by atoms with E-state index in [2.05, 4.69) is 15.2 Å². The van der Waals surface area contributed by atoms with Crippen LogP contribution < -0.4 is 15.8 Å². The molecule has 3 heterocycles. The van der Waals surface area contributed by atoms with Gasteiger partial charge in [-0.3, -0.25) is 4.79 Å². The van der Waals surface area contributed by atoms with Crippen LogP contribution in [0, 0.1) is 11.8 Å². The fourth-order valence-electron chi connectivity index (χ4n) is 4.79. The Labute approximate surface area is 223 Å². The van der Waals surface area contributed by atoms with Gasteiger partial charge in [-0.25, -0.2) is 14.6 Å². The van der Waals surface area contributed by atoms with E-state index in [-0.39, 0.29) is 27.7 Å². The molecule has 2 fully saturated rings. The number of rotatable bonds is 9. The molecule has 1 aromatic heterocycles. The van der Waals surface area contributed by atoms with Crippen LogP contribution in [0.4, 0.5) is 5.69 Å². The molecule has 0 aliphatic carbocycles. The minimum absolute atomic E-state index is 0.107. The van der Waals surface area contributed by atoms with E-state index in [1.54, 1.807) is 0 Å². The van der Waals surface area contributed by atoms with E-state index in [1.165, 1.54) is 18.2 Å². The van der Waals surface area contributed by atoms with Crippen LogP contribution in [0.1, 0.15) is 29.6 Å². The van der Waals surface area contributed by atoms with Gasteiger partial charge in [0, 0.05) is 44.3 Å². The highest BCUT2D eigenvalue weighted by atomic mass is 35.5. The number of aliphatic hydroxyl groups is 2. The monoisotopic (exact) mass is 550 g/mol. The van der Waals surface area contributed by atoms with Gasteiger partial charge >= 0.3 is 11.9 Å². The lowest BCUT2D eigenvalue weighted by molar-refractivity contribution is -0.164. The van der Waals surface area contributed by atoms with E-state index in [0.717, 1.165) is 52.1 Å². The first kappa shape index (κ1) is 28.0. The summed E-state index contributed by atoms with van der Waals surface area (Å²) in [6, 6.07) is 4.07. The molecule has 3 atom stereocenters. The number of carbonyl (C=O) groups is 3. The van der Waals surface area contributed by atoms with E-state index < -0.39 is 30.1 Å². The molecule has 2 saturated heterocycles. The second kappa shape index (κ2) is 12.2. The molecule has 0 radical (unpaired) electrons. The Morgan fingerprint density at radius 3 is 2.63 bits per heavy atom. The lowest BCUT2D eigenvalue weighted by Gasteiger charge is -2.27. The zero-order valence-corrected chi connectivity index (χ0v) is 21.4. The minimum atomic E-state index is -2.37. The summed E-state index contributed by atoms with van der Waals surface area (Å²) < 4.78 is 10.4. The number of fused-ring (bicyclic) bond motifs is 1. The number of aliphatic carboxylic acids is 1. The van der Waals surface area contributed by atoms with Crippen molar-refractivity contribution >= 4 is 46.0 Å². The first-order valence-corrected chi connectivity index (χ1v) is 12.8. The third kappa shape index (κ3) is 6.51. The van der Waals surface area contributed by atoms with Crippen LogP contribution in [0.15, 0.2) is 18.2 Å². The smallest absolute Gasteiger partial charge is 0.345 e. The first-order chi connectivity index (χ1) is 18.1. The Kier molecular flexibility index (Phi) is 9.00. The first-order valence-electron chi connectivity index (χ1n) is 12.4. The number of likely N-dealkylation sites (tertiary alicyclic amines) is 1. The maximum Gasteiger partial charge on any atom is 0.345 e. The highest BCUT2D eigenvalue weighted by molar-refractivity contribution is 6.35. The normalized spacial score (nSPS) is 20.2. The van der Waals surface area contributed by atoms with Gasteiger partial charge in [0.05, 0.1) is 21.8 Å². The number of nitrogens with two attached hydrogens (primary N) is 1. The molecular formula is C25H31ClN4O8. The number of esters is 1. The number of carboxylic acid groups (broad SMARTS) is 1. The van der Waals surface area contributed by atoms with Gasteiger partial charge in [-0.1, -0.05) is 11.6 Å². The molecule has 6 N–H and O–H groups in total. The lowest BCUT2D eigenvalue weighted by atomic mass is 10.00. The van der Waals surface area contributed by atoms with Crippen LogP contribution >= 0.6 is 11.6 Å².